The summed E-state index contributed by atoms with van der Waals surface area (Å²) in [5, 5.41) is 8.81. The molecule has 0 unspecified atom stereocenters. The highest BCUT2D eigenvalue weighted by Crippen LogP contribution is 2.62. The molecule has 124 valence electrons. The van der Waals surface area contributed by atoms with Crippen molar-refractivity contribution in [2.24, 2.45) is 22.5 Å². The number of carboxylic acids is 1. The Morgan fingerprint density at radius 3 is 2.35 bits per heavy atom. The quantitative estimate of drug-likeness (QED) is 0.865. The molecule has 1 amide bonds. The van der Waals surface area contributed by atoms with E-state index in [1.807, 2.05) is 24.3 Å². The van der Waals surface area contributed by atoms with Crippen LogP contribution in [-0.4, -0.2) is 35.0 Å². The first-order chi connectivity index (χ1) is 10.7. The van der Waals surface area contributed by atoms with Crippen molar-refractivity contribution in [1.82, 2.24) is 4.90 Å². The van der Waals surface area contributed by atoms with Gasteiger partial charge in [-0.1, -0.05) is 38.1 Å². The lowest BCUT2D eigenvalue weighted by molar-refractivity contribution is -0.148. The standard InChI is InChI=1S/C18H24N2O3/c1-17(2)10-18(16(19)23)11-20(9-14(17)18)8-13-5-3-12(4-6-13)7-15(21)22/h3-6,14H,7-11H2,1-2H3,(H2,19,23)(H,21,22)/t14-,18+/m1/s1. The zero-order chi connectivity index (χ0) is 16.8. The molecule has 1 saturated carbocycles. The maximum absolute atomic E-state index is 12.0. The van der Waals surface area contributed by atoms with Crippen LogP contribution in [0.25, 0.3) is 0 Å². The molecule has 1 aromatic rings. The van der Waals surface area contributed by atoms with Gasteiger partial charge in [0, 0.05) is 19.6 Å². The van der Waals surface area contributed by atoms with Crippen molar-refractivity contribution in [1.29, 1.82) is 0 Å². The molecule has 5 nitrogen and oxygen atoms in total. The summed E-state index contributed by atoms with van der Waals surface area (Å²) in [4.78, 5) is 25.0. The van der Waals surface area contributed by atoms with Gasteiger partial charge in [-0.3, -0.25) is 14.5 Å². The molecule has 23 heavy (non-hydrogen) atoms. The lowest BCUT2D eigenvalue weighted by Crippen LogP contribution is -2.59. The van der Waals surface area contributed by atoms with E-state index >= 15 is 0 Å². The number of hydrogen-bond donors (Lipinski definition) is 2. The van der Waals surface area contributed by atoms with Crippen molar-refractivity contribution in [2.45, 2.75) is 33.2 Å². The number of fused-ring (bicyclic) bond motifs is 1. The summed E-state index contributed by atoms with van der Waals surface area (Å²) in [6.07, 6.45) is 0.916. The smallest absolute Gasteiger partial charge is 0.307 e. The maximum Gasteiger partial charge on any atom is 0.307 e. The third-order valence-corrected chi connectivity index (χ3v) is 5.60. The highest BCUT2D eigenvalue weighted by Gasteiger charge is 2.65. The van der Waals surface area contributed by atoms with Gasteiger partial charge in [-0.25, -0.2) is 0 Å². The topological polar surface area (TPSA) is 83.6 Å². The molecule has 1 aliphatic heterocycles. The molecule has 0 spiro atoms. The molecule has 0 bridgehead atoms. The van der Waals surface area contributed by atoms with Crippen molar-refractivity contribution < 1.29 is 14.7 Å². The Kier molecular flexibility index (Phi) is 3.71. The number of rotatable bonds is 5. The van der Waals surface area contributed by atoms with Crippen LogP contribution in [0, 0.1) is 16.7 Å². The molecule has 5 heteroatoms. The fraction of sp³-hybridized carbons (Fsp3) is 0.556. The van der Waals surface area contributed by atoms with Gasteiger partial charge in [0.25, 0.3) is 0 Å². The molecule has 1 aromatic carbocycles. The van der Waals surface area contributed by atoms with E-state index in [1.54, 1.807) is 0 Å². The van der Waals surface area contributed by atoms with Crippen LogP contribution in [0.2, 0.25) is 0 Å². The van der Waals surface area contributed by atoms with Crippen LogP contribution in [0.15, 0.2) is 24.3 Å². The molecule has 3 N–H and O–H groups in total. The Morgan fingerprint density at radius 1 is 1.26 bits per heavy atom. The summed E-state index contributed by atoms with van der Waals surface area (Å²) in [6.45, 7) is 6.82. The second-order valence-corrected chi connectivity index (χ2v) is 7.79. The molecule has 2 aliphatic rings. The summed E-state index contributed by atoms with van der Waals surface area (Å²) in [5.41, 5.74) is 7.46. The minimum atomic E-state index is -0.820. The molecule has 1 heterocycles. The van der Waals surface area contributed by atoms with Gasteiger partial charge in [0.05, 0.1) is 11.8 Å². The van der Waals surface area contributed by atoms with Crippen molar-refractivity contribution in [2.75, 3.05) is 13.1 Å². The third-order valence-electron chi connectivity index (χ3n) is 5.60. The van der Waals surface area contributed by atoms with Crippen LogP contribution in [0.5, 0.6) is 0 Å². The van der Waals surface area contributed by atoms with Gasteiger partial charge >= 0.3 is 5.97 Å². The molecule has 1 aliphatic carbocycles. The number of carbonyl (C=O) groups is 2. The summed E-state index contributed by atoms with van der Waals surface area (Å²) < 4.78 is 0. The number of likely N-dealkylation sites (tertiary alicyclic amines) is 1. The average molecular weight is 316 g/mol. The van der Waals surface area contributed by atoms with Gasteiger partial charge in [-0.2, -0.15) is 0 Å². The van der Waals surface area contributed by atoms with E-state index in [-0.39, 0.29) is 23.2 Å². The fourth-order valence-corrected chi connectivity index (χ4v) is 4.64. The van der Waals surface area contributed by atoms with Crippen LogP contribution in [0.4, 0.5) is 0 Å². The lowest BCUT2D eigenvalue weighted by Gasteiger charge is -2.54. The number of nitrogens with zero attached hydrogens (tertiary/aromatic N) is 1. The van der Waals surface area contributed by atoms with E-state index in [0.29, 0.717) is 5.92 Å². The summed E-state index contributed by atoms with van der Waals surface area (Å²) >= 11 is 0. The first kappa shape index (κ1) is 16.0. The second kappa shape index (κ2) is 5.34. The second-order valence-electron chi connectivity index (χ2n) is 7.79. The number of carbonyl (C=O) groups excluding carboxylic acids is 1. The average Bonchev–Trinajstić information content (AvgIpc) is 2.76. The number of carboxylic acid groups (broad SMARTS) is 1. The van der Waals surface area contributed by atoms with Crippen LogP contribution in [-0.2, 0) is 22.6 Å². The largest absolute Gasteiger partial charge is 0.481 e. The minimum absolute atomic E-state index is 0.0467. The normalized spacial score (nSPS) is 28.9. The van der Waals surface area contributed by atoms with Gasteiger partial charge in [0.1, 0.15) is 0 Å². The third kappa shape index (κ3) is 2.74. The van der Waals surface area contributed by atoms with Crippen molar-refractivity contribution >= 4 is 11.9 Å². The number of benzene rings is 1. The summed E-state index contributed by atoms with van der Waals surface area (Å²) in [6, 6.07) is 7.67. The van der Waals surface area contributed by atoms with Crippen molar-refractivity contribution in [3.63, 3.8) is 0 Å². The zero-order valence-corrected chi connectivity index (χ0v) is 13.7. The Labute approximate surface area is 136 Å². The van der Waals surface area contributed by atoms with E-state index < -0.39 is 5.97 Å². The molecule has 2 fully saturated rings. The van der Waals surface area contributed by atoms with Gasteiger partial charge in [-0.15, -0.1) is 0 Å². The van der Waals surface area contributed by atoms with Gasteiger partial charge < -0.3 is 10.8 Å². The number of hydrogen-bond acceptors (Lipinski definition) is 3. The van der Waals surface area contributed by atoms with Gasteiger partial charge in [0.15, 0.2) is 0 Å². The first-order valence-electron chi connectivity index (χ1n) is 8.05. The molecule has 0 aromatic heterocycles. The van der Waals surface area contributed by atoms with E-state index in [9.17, 15) is 9.59 Å². The minimum Gasteiger partial charge on any atom is -0.481 e. The molecule has 3 rings (SSSR count). The first-order valence-corrected chi connectivity index (χ1v) is 8.05. The maximum atomic E-state index is 12.0. The monoisotopic (exact) mass is 316 g/mol. The van der Waals surface area contributed by atoms with Gasteiger partial charge in [-0.05, 0) is 28.9 Å². The van der Waals surface area contributed by atoms with Gasteiger partial charge in [0.2, 0.25) is 5.91 Å². The van der Waals surface area contributed by atoms with E-state index in [0.717, 1.165) is 37.2 Å². The molecular formula is C18H24N2O3. The molecule has 0 radical (unpaired) electrons. The van der Waals surface area contributed by atoms with Crippen LogP contribution in [0.1, 0.15) is 31.4 Å². The zero-order valence-electron chi connectivity index (χ0n) is 13.7. The van der Waals surface area contributed by atoms with E-state index in [1.165, 1.54) is 0 Å². The Hall–Kier alpha value is -1.88. The fourth-order valence-electron chi connectivity index (χ4n) is 4.64. The molecule has 2 atom stereocenters. The van der Waals surface area contributed by atoms with Crippen LogP contribution in [0.3, 0.4) is 0 Å². The predicted octanol–water partition coefficient (Wildman–Crippen LogP) is 1.65. The summed E-state index contributed by atoms with van der Waals surface area (Å²) in [5.74, 6) is -0.653. The molecular weight excluding hydrogens is 292 g/mol. The Morgan fingerprint density at radius 2 is 1.87 bits per heavy atom. The van der Waals surface area contributed by atoms with Crippen molar-refractivity contribution in [3.05, 3.63) is 35.4 Å². The number of amides is 1. The van der Waals surface area contributed by atoms with E-state index in [4.69, 9.17) is 10.8 Å². The Balaban J connectivity index is 1.68. The highest BCUT2D eigenvalue weighted by molar-refractivity contribution is 5.83. The highest BCUT2D eigenvalue weighted by atomic mass is 16.4. The number of nitrogens with two attached hydrogens (primary N) is 1. The van der Waals surface area contributed by atoms with Crippen molar-refractivity contribution in [3.8, 4) is 0 Å². The Bertz CT molecular complexity index is 638. The van der Waals surface area contributed by atoms with Crippen LogP contribution < -0.4 is 5.73 Å². The lowest BCUT2D eigenvalue weighted by atomic mass is 9.48. The van der Waals surface area contributed by atoms with E-state index in [2.05, 4.69) is 18.7 Å². The number of primary amides is 1. The van der Waals surface area contributed by atoms with Crippen LogP contribution >= 0.6 is 0 Å². The molecule has 1 saturated heterocycles. The summed E-state index contributed by atoms with van der Waals surface area (Å²) in [7, 11) is 0. The SMILES string of the molecule is CC1(C)C[C@]2(C(N)=O)CN(Cc3ccc(CC(=O)O)cc3)C[C@H]12. The number of aliphatic carboxylic acids is 1. The predicted molar refractivity (Wildman–Crippen MR) is 86.6 cm³/mol.